The highest BCUT2D eigenvalue weighted by Gasteiger charge is 2.07. The second kappa shape index (κ2) is 3.91. The Morgan fingerprint density at radius 1 is 1.54 bits per heavy atom. The third-order valence-corrected chi connectivity index (χ3v) is 2.00. The lowest BCUT2D eigenvalue weighted by Crippen LogP contribution is -1.94. The highest BCUT2D eigenvalue weighted by Crippen LogP contribution is 2.22. The number of nitrogens with zero attached hydrogens (tertiary/aromatic N) is 1. The monoisotopic (exact) mass is 170 g/mol. The van der Waals surface area contributed by atoms with Crippen molar-refractivity contribution in [3.05, 3.63) is 48.4 Å². The minimum Gasteiger partial charge on any atom is -0.192 e. The first-order chi connectivity index (χ1) is 6.20. The maximum atomic E-state index is 8.84. The van der Waals surface area contributed by atoms with E-state index in [-0.39, 0.29) is 5.92 Å². The smallest absolute Gasteiger partial charge is 0.0998 e. The highest BCUT2D eigenvalue weighted by atomic mass is 14.2. The minimum absolute atomic E-state index is 0.182. The van der Waals surface area contributed by atoms with Crippen molar-refractivity contribution < 1.29 is 0 Å². The first kappa shape index (κ1) is 9.54. The summed E-state index contributed by atoms with van der Waals surface area (Å²) in [6.45, 7) is 9.64. The molecule has 0 saturated carbocycles. The van der Waals surface area contributed by atoms with E-state index >= 15 is 0 Å². The van der Waals surface area contributed by atoms with E-state index in [9.17, 15) is 0 Å². The Hall–Kier alpha value is -1.55. The zero-order valence-electron chi connectivity index (χ0n) is 7.75. The third-order valence-electron chi connectivity index (χ3n) is 2.00. The van der Waals surface area contributed by atoms with Crippen LogP contribution >= 0.6 is 0 Å². The Labute approximate surface area is 79.3 Å². The Morgan fingerprint density at radius 3 is 2.69 bits per heavy atom. The van der Waals surface area contributed by atoms with Crippen molar-refractivity contribution in [3.8, 4) is 6.07 Å². The van der Waals surface area contributed by atoms with Gasteiger partial charge in [0, 0.05) is 0 Å². The first-order valence-corrected chi connectivity index (χ1v) is 4.19. The second-order valence-corrected chi connectivity index (χ2v) is 3.03. The predicted molar refractivity (Wildman–Crippen MR) is 55.0 cm³/mol. The van der Waals surface area contributed by atoms with E-state index in [1.165, 1.54) is 0 Å². The summed E-state index contributed by atoms with van der Waals surface area (Å²) in [7, 11) is 0. The number of nitriles is 1. The molecule has 0 aliphatic heterocycles. The summed E-state index contributed by atoms with van der Waals surface area (Å²) in [6.07, 6.45) is 1.72. The normalized spacial score (nSPS) is 9.69. The Morgan fingerprint density at radius 2 is 2.23 bits per heavy atom. The molecule has 1 rings (SSSR count). The molecule has 0 aliphatic rings. The highest BCUT2D eigenvalue weighted by molar-refractivity contribution is 5.61. The molecule has 1 unspecified atom stereocenters. The van der Waals surface area contributed by atoms with E-state index in [2.05, 4.69) is 19.6 Å². The average Bonchev–Trinajstić information content (AvgIpc) is 2.16. The Balaban J connectivity index is 3.37. The summed E-state index contributed by atoms with van der Waals surface area (Å²) >= 11 is 0. The van der Waals surface area contributed by atoms with Gasteiger partial charge in [-0.1, -0.05) is 31.7 Å². The lowest BCUT2D eigenvalue weighted by molar-refractivity contribution is 0.959. The van der Waals surface area contributed by atoms with Gasteiger partial charge < -0.3 is 0 Å². The molecular weight excluding hydrogens is 158 g/mol. The van der Waals surface area contributed by atoms with Crippen LogP contribution in [0.2, 0.25) is 0 Å². The van der Waals surface area contributed by atoms with Crippen LogP contribution in [0.15, 0.2) is 24.8 Å². The predicted octanol–water partition coefficient (Wildman–Crippen LogP) is 3.14. The summed E-state index contributed by atoms with van der Waals surface area (Å²) in [5.74, 6) is 0.182. The second-order valence-electron chi connectivity index (χ2n) is 3.03. The molecule has 65 valence electrons. The summed E-state index contributed by atoms with van der Waals surface area (Å²) in [4.78, 5) is 0. The summed E-state index contributed by atoms with van der Waals surface area (Å²) in [5.41, 5.74) is 2.66. The molecule has 1 aromatic carbocycles. The maximum Gasteiger partial charge on any atom is 0.0998 e. The third kappa shape index (κ3) is 1.78. The zero-order valence-corrected chi connectivity index (χ0v) is 7.75. The summed E-state index contributed by atoms with van der Waals surface area (Å²) in [5, 5.41) is 8.84. The summed E-state index contributed by atoms with van der Waals surface area (Å²) < 4.78 is 0. The van der Waals surface area contributed by atoms with Gasteiger partial charge in [-0.3, -0.25) is 0 Å². The SMILES string of the molecule is [CH2]C(C)c1cccc(C#N)c1C=C. The molecule has 0 spiro atoms. The van der Waals surface area contributed by atoms with Crippen molar-refractivity contribution in [2.75, 3.05) is 0 Å². The van der Waals surface area contributed by atoms with Crippen LogP contribution in [0.5, 0.6) is 0 Å². The van der Waals surface area contributed by atoms with Gasteiger partial charge in [0.25, 0.3) is 0 Å². The standard InChI is InChI=1S/C12H12N/c1-4-11-10(8-13)6-5-7-12(11)9(2)3/h4-7,9H,1-2H2,3H3. The van der Waals surface area contributed by atoms with Crippen molar-refractivity contribution in [1.29, 1.82) is 5.26 Å². The van der Waals surface area contributed by atoms with Crippen molar-refractivity contribution in [3.63, 3.8) is 0 Å². The van der Waals surface area contributed by atoms with Gasteiger partial charge in [-0.2, -0.15) is 5.26 Å². The van der Waals surface area contributed by atoms with E-state index in [0.29, 0.717) is 5.56 Å². The lowest BCUT2D eigenvalue weighted by Gasteiger charge is -2.10. The van der Waals surface area contributed by atoms with Crippen molar-refractivity contribution in [2.45, 2.75) is 12.8 Å². The molecule has 1 heteroatoms. The van der Waals surface area contributed by atoms with Crippen LogP contribution < -0.4 is 0 Å². The largest absolute Gasteiger partial charge is 0.192 e. The fourth-order valence-electron chi connectivity index (χ4n) is 1.34. The van der Waals surface area contributed by atoms with Crippen LogP contribution in [0.4, 0.5) is 0 Å². The van der Waals surface area contributed by atoms with Gasteiger partial charge in [0.05, 0.1) is 11.6 Å². The van der Waals surface area contributed by atoms with E-state index in [0.717, 1.165) is 11.1 Å². The van der Waals surface area contributed by atoms with E-state index < -0.39 is 0 Å². The van der Waals surface area contributed by atoms with Gasteiger partial charge in [0.2, 0.25) is 0 Å². The van der Waals surface area contributed by atoms with Crippen molar-refractivity contribution in [1.82, 2.24) is 0 Å². The average molecular weight is 170 g/mol. The van der Waals surface area contributed by atoms with Gasteiger partial charge in [-0.25, -0.2) is 0 Å². The van der Waals surface area contributed by atoms with Crippen LogP contribution in [-0.4, -0.2) is 0 Å². The number of rotatable bonds is 2. The molecule has 0 N–H and O–H groups in total. The van der Waals surface area contributed by atoms with Crippen LogP contribution in [0.25, 0.3) is 6.08 Å². The molecule has 0 heterocycles. The zero-order chi connectivity index (χ0) is 9.84. The van der Waals surface area contributed by atoms with Gasteiger partial charge >= 0.3 is 0 Å². The fourth-order valence-corrected chi connectivity index (χ4v) is 1.34. The Bertz CT molecular complexity index is 356. The molecule has 0 bridgehead atoms. The van der Waals surface area contributed by atoms with Crippen molar-refractivity contribution >= 4 is 6.08 Å². The minimum atomic E-state index is 0.182. The lowest BCUT2D eigenvalue weighted by atomic mass is 9.94. The molecular formula is C12H12N. The molecule has 0 fully saturated rings. The number of hydrogen-bond acceptors (Lipinski definition) is 1. The molecule has 1 aromatic rings. The fraction of sp³-hybridized carbons (Fsp3) is 0.167. The molecule has 0 aliphatic carbocycles. The first-order valence-electron chi connectivity index (χ1n) is 4.19. The van der Waals surface area contributed by atoms with Crippen LogP contribution in [-0.2, 0) is 0 Å². The molecule has 1 atom stereocenters. The Kier molecular flexibility index (Phi) is 2.87. The van der Waals surface area contributed by atoms with Gasteiger partial charge in [-0.15, -0.1) is 0 Å². The van der Waals surface area contributed by atoms with Gasteiger partial charge in [0.15, 0.2) is 0 Å². The summed E-state index contributed by atoms with van der Waals surface area (Å²) in [6, 6.07) is 7.80. The van der Waals surface area contributed by atoms with E-state index in [1.54, 1.807) is 12.1 Å². The topological polar surface area (TPSA) is 23.8 Å². The van der Waals surface area contributed by atoms with Gasteiger partial charge in [0.1, 0.15) is 0 Å². The molecule has 0 amide bonds. The molecule has 0 aromatic heterocycles. The maximum absolute atomic E-state index is 8.84. The molecule has 1 radical (unpaired) electrons. The number of hydrogen-bond donors (Lipinski definition) is 0. The van der Waals surface area contributed by atoms with Crippen LogP contribution in [0, 0.1) is 18.3 Å². The quantitative estimate of drug-likeness (QED) is 0.669. The van der Waals surface area contributed by atoms with Crippen molar-refractivity contribution in [2.24, 2.45) is 0 Å². The van der Waals surface area contributed by atoms with E-state index in [1.807, 2.05) is 19.1 Å². The van der Waals surface area contributed by atoms with E-state index in [4.69, 9.17) is 5.26 Å². The van der Waals surface area contributed by atoms with Crippen LogP contribution in [0.3, 0.4) is 0 Å². The number of benzene rings is 1. The van der Waals surface area contributed by atoms with Crippen LogP contribution in [0.1, 0.15) is 29.5 Å². The molecule has 1 nitrogen and oxygen atoms in total. The molecule has 0 saturated heterocycles. The van der Waals surface area contributed by atoms with Gasteiger partial charge in [-0.05, 0) is 30.0 Å². The molecule has 13 heavy (non-hydrogen) atoms.